The maximum atomic E-state index is 12.1. The van der Waals surface area contributed by atoms with E-state index < -0.39 is 17.9 Å². The number of hydrogen-bond donors (Lipinski definition) is 0. The Morgan fingerprint density at radius 3 is 1.58 bits per heavy atom. The Balaban J connectivity index is 0. The summed E-state index contributed by atoms with van der Waals surface area (Å²) in [7, 11) is 0. The molecule has 0 amide bonds. The first kappa shape index (κ1) is 32.4. The van der Waals surface area contributed by atoms with Crippen LogP contribution in [0.3, 0.4) is 0 Å². The summed E-state index contributed by atoms with van der Waals surface area (Å²) in [5, 5.41) is 28.7. The molecule has 2 aromatic rings. The topological polar surface area (TPSA) is 137 Å². The summed E-state index contributed by atoms with van der Waals surface area (Å²) in [6.07, 6.45) is 7.62. The van der Waals surface area contributed by atoms with Gasteiger partial charge in [0.25, 0.3) is 0 Å². The van der Waals surface area contributed by atoms with Crippen molar-refractivity contribution < 1.29 is 34.5 Å². The predicted molar refractivity (Wildman–Crippen MR) is 122 cm³/mol. The zero-order valence-electron chi connectivity index (χ0n) is 17.7. The number of ketones is 1. The second-order valence-corrected chi connectivity index (χ2v) is 6.65. The van der Waals surface area contributed by atoms with Crippen LogP contribution in [0.5, 0.6) is 0 Å². The van der Waals surface area contributed by atoms with Gasteiger partial charge in [-0.15, -0.1) is 5.73 Å². The number of benzene rings is 2. The second kappa shape index (κ2) is 18.7. The largest absolute Gasteiger partial charge is 0.550 e. The first-order chi connectivity index (χ1) is 15.1. The normalized spacial score (nSPS) is 10.2. The van der Waals surface area contributed by atoms with Gasteiger partial charge in [0.05, 0.1) is 5.97 Å². The molecular formula is C24H19BrO7Pb-3. The number of aliphatic carboxylic acids is 2. The van der Waals surface area contributed by atoms with E-state index in [9.17, 15) is 14.7 Å². The average molecular weight is 707 g/mol. The molecular weight excluding hydrogens is 687 g/mol. The van der Waals surface area contributed by atoms with Gasteiger partial charge >= 0.3 is 0 Å². The van der Waals surface area contributed by atoms with Crippen LogP contribution in [-0.4, -0.2) is 51.0 Å². The molecule has 0 aliphatic heterocycles. The standard InChI is InChI=1S/C14H10O3.C6H4Br.2C2H4O2.Pb/c15-13(10-6-2-1-3-7-10)11-8-4-5-9-12(11)14(16)17;7-6-4-2-1-3-5-6;2*1-2(3)4;/h1-9H,(H,16,17);2-5H;2*1H3,(H,3,4);/p-3. The summed E-state index contributed by atoms with van der Waals surface area (Å²) in [6, 6.07) is 14.6. The number of rotatable bonds is 3. The van der Waals surface area contributed by atoms with Gasteiger partial charge in [0, 0.05) is 66.8 Å². The molecule has 0 aromatic heterocycles. The third kappa shape index (κ3) is 16.5. The molecule has 3 rings (SSSR count). The summed E-state index contributed by atoms with van der Waals surface area (Å²) in [6.45, 7) is 1.94. The summed E-state index contributed by atoms with van der Waals surface area (Å²) in [5.41, 5.74) is 3.43. The first-order valence-electron chi connectivity index (χ1n) is 8.93. The third-order valence-corrected chi connectivity index (χ3v) is 3.63. The molecule has 0 fully saturated rings. The Labute approximate surface area is 220 Å². The second-order valence-electron chi connectivity index (χ2n) is 5.73. The fraction of sp³-hybridized carbons (Fsp3) is 0.0833. The minimum Gasteiger partial charge on any atom is -0.550 e. The van der Waals surface area contributed by atoms with Gasteiger partial charge in [0.1, 0.15) is 0 Å². The molecule has 9 heteroatoms. The molecule has 0 unspecified atom stereocenters. The van der Waals surface area contributed by atoms with E-state index in [1.165, 1.54) is 12.1 Å². The minimum absolute atomic E-state index is 0. The molecule has 0 heterocycles. The first-order valence-corrected chi connectivity index (χ1v) is 9.72. The molecule has 0 atom stereocenters. The van der Waals surface area contributed by atoms with Crippen LogP contribution in [0.1, 0.15) is 40.1 Å². The Morgan fingerprint density at radius 1 is 0.758 bits per heavy atom. The molecule has 0 saturated heterocycles. The van der Waals surface area contributed by atoms with Crippen LogP contribution in [0, 0.1) is 6.42 Å². The Bertz CT molecular complexity index is 1000. The molecule has 0 bridgehead atoms. The van der Waals surface area contributed by atoms with Gasteiger partial charge in [-0.05, 0) is 32.1 Å². The van der Waals surface area contributed by atoms with Crippen LogP contribution < -0.4 is 15.3 Å². The van der Waals surface area contributed by atoms with Crippen LogP contribution in [0.15, 0.2) is 83.0 Å². The predicted octanol–water partition coefficient (Wildman–Crippen LogP) is 0.607. The van der Waals surface area contributed by atoms with E-state index in [4.69, 9.17) is 19.8 Å². The SMILES string of the molecule is BrC1=CC=C=C[CH]1.CC(=O)[O-].CC(=O)[O-].O=C([O-])c1ccccc1C(=O)c1ccccc1.[Pb]. The smallest absolute Gasteiger partial charge is 0.193 e. The van der Waals surface area contributed by atoms with Crippen molar-refractivity contribution in [3.8, 4) is 0 Å². The molecule has 171 valence electrons. The number of carboxylic acid groups (broad SMARTS) is 3. The van der Waals surface area contributed by atoms with Crippen molar-refractivity contribution in [2.45, 2.75) is 13.8 Å². The van der Waals surface area contributed by atoms with Crippen molar-refractivity contribution in [1.82, 2.24) is 0 Å². The molecule has 0 saturated carbocycles. The van der Waals surface area contributed by atoms with E-state index in [0.717, 1.165) is 18.3 Å². The zero-order valence-corrected chi connectivity index (χ0v) is 23.2. The summed E-state index contributed by atoms with van der Waals surface area (Å²) in [4.78, 5) is 40.8. The van der Waals surface area contributed by atoms with Gasteiger partial charge in [-0.1, -0.05) is 70.5 Å². The van der Waals surface area contributed by atoms with Gasteiger partial charge in [-0.3, -0.25) is 4.79 Å². The van der Waals surface area contributed by atoms with Crippen LogP contribution in [-0.2, 0) is 9.59 Å². The maximum absolute atomic E-state index is 12.1. The van der Waals surface area contributed by atoms with E-state index in [0.29, 0.717) is 5.56 Å². The molecule has 7 nitrogen and oxygen atoms in total. The Morgan fingerprint density at radius 2 is 1.21 bits per heavy atom. The van der Waals surface area contributed by atoms with Crippen LogP contribution in [0.2, 0.25) is 0 Å². The van der Waals surface area contributed by atoms with Crippen LogP contribution in [0.25, 0.3) is 0 Å². The van der Waals surface area contributed by atoms with E-state index in [1.807, 2.05) is 24.6 Å². The summed E-state index contributed by atoms with van der Waals surface area (Å²) >= 11 is 3.29. The number of carbonyl (C=O) groups is 4. The van der Waals surface area contributed by atoms with Crippen molar-refractivity contribution >= 4 is 66.9 Å². The van der Waals surface area contributed by atoms with Gasteiger partial charge < -0.3 is 29.7 Å². The van der Waals surface area contributed by atoms with Gasteiger partial charge in [-0.25, -0.2) is 0 Å². The van der Waals surface area contributed by atoms with E-state index >= 15 is 0 Å². The number of aromatic carboxylic acids is 1. The fourth-order valence-corrected chi connectivity index (χ4v) is 2.24. The molecule has 0 N–H and O–H groups in total. The van der Waals surface area contributed by atoms with E-state index in [-0.39, 0.29) is 44.2 Å². The number of halogens is 1. The summed E-state index contributed by atoms with van der Waals surface area (Å²) < 4.78 is 1.10. The molecule has 33 heavy (non-hydrogen) atoms. The van der Waals surface area contributed by atoms with E-state index in [2.05, 4.69) is 21.7 Å². The van der Waals surface area contributed by atoms with Crippen LogP contribution in [0.4, 0.5) is 0 Å². The van der Waals surface area contributed by atoms with Crippen molar-refractivity contribution in [3.05, 3.63) is 106 Å². The monoisotopic (exact) mass is 706 g/mol. The third-order valence-electron chi connectivity index (χ3n) is 3.11. The minimum atomic E-state index is -1.34. The van der Waals surface area contributed by atoms with E-state index in [1.54, 1.807) is 42.5 Å². The molecule has 5 radical (unpaired) electrons. The van der Waals surface area contributed by atoms with Crippen molar-refractivity contribution in [1.29, 1.82) is 0 Å². The number of hydrogen-bond acceptors (Lipinski definition) is 7. The van der Waals surface area contributed by atoms with Gasteiger partial charge in [0.2, 0.25) is 0 Å². The fourth-order valence-electron chi connectivity index (χ4n) is 1.97. The maximum Gasteiger partial charge on any atom is 0.193 e. The van der Waals surface area contributed by atoms with Crippen LogP contribution >= 0.6 is 15.9 Å². The molecule has 0 spiro atoms. The number of carbonyl (C=O) groups excluding carboxylic acids is 4. The molecule has 2 aromatic carbocycles. The Kier molecular flexibility index (Phi) is 18.4. The number of carboxylic acids is 3. The van der Waals surface area contributed by atoms with Gasteiger partial charge in [0.15, 0.2) is 5.78 Å². The number of allylic oxidation sites excluding steroid dienone is 3. The quantitative estimate of drug-likeness (QED) is 0.259. The molecule has 1 aliphatic carbocycles. The average Bonchev–Trinajstić information content (AvgIpc) is 2.74. The van der Waals surface area contributed by atoms with Crippen molar-refractivity contribution in [2.24, 2.45) is 0 Å². The summed E-state index contributed by atoms with van der Waals surface area (Å²) in [5.74, 6) is -3.82. The molecule has 1 aliphatic rings. The Hall–Kier alpha value is -2.82. The zero-order chi connectivity index (χ0) is 24.5. The van der Waals surface area contributed by atoms with Crippen molar-refractivity contribution in [2.75, 3.05) is 0 Å². The van der Waals surface area contributed by atoms with Gasteiger partial charge in [-0.2, -0.15) is 0 Å². The van der Waals surface area contributed by atoms with Crippen molar-refractivity contribution in [3.63, 3.8) is 0 Å².